The zero-order valence-electron chi connectivity index (χ0n) is 16.7. The highest BCUT2D eigenvalue weighted by atomic mass is 32.1. The lowest BCUT2D eigenvalue weighted by Gasteiger charge is -2.35. The second-order valence-electron chi connectivity index (χ2n) is 7.50. The average Bonchev–Trinajstić information content (AvgIpc) is 3.51. The summed E-state index contributed by atoms with van der Waals surface area (Å²) in [7, 11) is 0. The molecule has 0 atom stereocenters. The fourth-order valence-corrected chi connectivity index (χ4v) is 5.02. The van der Waals surface area contributed by atoms with E-state index < -0.39 is 0 Å². The van der Waals surface area contributed by atoms with Crippen molar-refractivity contribution in [1.82, 2.24) is 19.7 Å². The number of nitrogens with one attached hydrogen (secondary N) is 1. The molecule has 0 aromatic carbocycles. The van der Waals surface area contributed by atoms with Crippen LogP contribution >= 0.6 is 22.7 Å². The molecule has 1 N–H and O–H groups in total. The van der Waals surface area contributed by atoms with Crippen molar-refractivity contribution in [3.05, 3.63) is 33.5 Å². The summed E-state index contributed by atoms with van der Waals surface area (Å²) in [6.45, 7) is 4.87. The number of hydrogen-bond donors (Lipinski definition) is 1. The van der Waals surface area contributed by atoms with Crippen molar-refractivity contribution in [3.8, 4) is 0 Å². The zero-order valence-corrected chi connectivity index (χ0v) is 18.3. The Labute approximate surface area is 183 Å². The van der Waals surface area contributed by atoms with Gasteiger partial charge in [0.15, 0.2) is 5.13 Å². The number of hydrogen-bond acceptors (Lipinski definition) is 7. The molecule has 3 amide bonds. The van der Waals surface area contributed by atoms with Gasteiger partial charge in [0.05, 0.1) is 23.5 Å². The van der Waals surface area contributed by atoms with Crippen LogP contribution < -0.4 is 5.32 Å². The molecule has 0 unspecified atom stereocenters. The minimum Gasteiger partial charge on any atom is -0.342 e. The molecule has 0 spiro atoms. The lowest BCUT2D eigenvalue weighted by atomic mass is 10.2. The zero-order chi connectivity index (χ0) is 20.9. The molecule has 2 aromatic rings. The van der Waals surface area contributed by atoms with Gasteiger partial charge >= 0.3 is 0 Å². The van der Waals surface area contributed by atoms with E-state index in [1.54, 1.807) is 6.07 Å². The Hall–Kier alpha value is -2.30. The van der Waals surface area contributed by atoms with E-state index in [9.17, 15) is 14.4 Å². The van der Waals surface area contributed by atoms with Gasteiger partial charge in [-0.15, -0.1) is 22.7 Å². The Bertz CT molecular complexity index is 884. The van der Waals surface area contributed by atoms with Gasteiger partial charge in [-0.05, 0) is 24.3 Å². The third kappa shape index (κ3) is 5.24. The van der Waals surface area contributed by atoms with E-state index in [2.05, 4.69) is 15.2 Å². The maximum absolute atomic E-state index is 12.6. The first kappa shape index (κ1) is 21.0. The second kappa shape index (κ2) is 9.67. The smallest absolute Gasteiger partial charge is 0.267 e. The summed E-state index contributed by atoms with van der Waals surface area (Å²) in [5.41, 5.74) is 0.665. The summed E-state index contributed by atoms with van der Waals surface area (Å²) in [4.78, 5) is 47.9. The molecule has 10 heteroatoms. The Morgan fingerprint density at radius 1 is 0.967 bits per heavy atom. The fraction of sp³-hybridized carbons (Fsp3) is 0.500. The number of aromatic nitrogens is 1. The van der Waals surface area contributed by atoms with E-state index in [4.69, 9.17) is 0 Å². The number of thiazole rings is 1. The minimum absolute atomic E-state index is 0.0296. The first-order chi connectivity index (χ1) is 14.6. The van der Waals surface area contributed by atoms with Crippen molar-refractivity contribution in [1.29, 1.82) is 0 Å². The van der Waals surface area contributed by atoms with Gasteiger partial charge in [0, 0.05) is 44.6 Å². The number of amides is 3. The second-order valence-corrected chi connectivity index (χ2v) is 9.30. The Morgan fingerprint density at radius 2 is 1.70 bits per heavy atom. The molecule has 0 radical (unpaired) electrons. The van der Waals surface area contributed by atoms with Crippen LogP contribution in [0.1, 0.15) is 28.2 Å². The third-order valence-electron chi connectivity index (χ3n) is 5.39. The van der Waals surface area contributed by atoms with E-state index in [0.717, 1.165) is 25.9 Å². The summed E-state index contributed by atoms with van der Waals surface area (Å²) < 4.78 is 0. The van der Waals surface area contributed by atoms with Gasteiger partial charge in [-0.1, -0.05) is 6.07 Å². The number of anilines is 1. The van der Waals surface area contributed by atoms with Crippen molar-refractivity contribution in [2.45, 2.75) is 19.3 Å². The summed E-state index contributed by atoms with van der Waals surface area (Å²) >= 11 is 2.70. The quantitative estimate of drug-likeness (QED) is 0.729. The largest absolute Gasteiger partial charge is 0.342 e. The first-order valence-electron chi connectivity index (χ1n) is 10.2. The molecule has 30 heavy (non-hydrogen) atoms. The Morgan fingerprint density at radius 3 is 2.40 bits per heavy atom. The van der Waals surface area contributed by atoms with Crippen LogP contribution in [0.4, 0.5) is 5.13 Å². The predicted octanol–water partition coefficient (Wildman–Crippen LogP) is 1.77. The molecular formula is C20H25N5O3S2. The van der Waals surface area contributed by atoms with Gasteiger partial charge in [0.25, 0.3) is 5.91 Å². The highest BCUT2D eigenvalue weighted by Gasteiger charge is 2.25. The van der Waals surface area contributed by atoms with Gasteiger partial charge in [-0.3, -0.25) is 24.6 Å². The van der Waals surface area contributed by atoms with E-state index >= 15 is 0 Å². The van der Waals surface area contributed by atoms with Crippen LogP contribution in [0.15, 0.2) is 22.9 Å². The van der Waals surface area contributed by atoms with Crippen molar-refractivity contribution < 1.29 is 14.4 Å². The van der Waals surface area contributed by atoms with Crippen LogP contribution in [0.2, 0.25) is 0 Å². The highest BCUT2D eigenvalue weighted by molar-refractivity contribution is 7.14. The fourth-order valence-electron chi connectivity index (χ4n) is 3.69. The van der Waals surface area contributed by atoms with Gasteiger partial charge < -0.3 is 9.80 Å². The summed E-state index contributed by atoms with van der Waals surface area (Å²) in [6.07, 6.45) is 2.42. The average molecular weight is 448 g/mol. The maximum atomic E-state index is 12.6. The third-order valence-corrected chi connectivity index (χ3v) is 7.07. The molecule has 2 aromatic heterocycles. The summed E-state index contributed by atoms with van der Waals surface area (Å²) in [5, 5.41) is 6.94. The van der Waals surface area contributed by atoms with E-state index in [1.807, 2.05) is 26.6 Å². The number of thiophene rings is 1. The lowest BCUT2D eigenvalue weighted by molar-refractivity contribution is -0.134. The Kier molecular flexibility index (Phi) is 6.76. The summed E-state index contributed by atoms with van der Waals surface area (Å²) in [5.74, 6) is 0.0469. The number of carbonyl (C=O) groups is 3. The molecule has 4 heterocycles. The molecule has 2 aliphatic rings. The van der Waals surface area contributed by atoms with Crippen LogP contribution in [0.3, 0.4) is 0 Å². The number of nitrogens with zero attached hydrogens (tertiary/aromatic N) is 4. The minimum atomic E-state index is -0.183. The lowest BCUT2D eigenvalue weighted by Crippen LogP contribution is -2.51. The molecule has 8 nitrogen and oxygen atoms in total. The molecular weight excluding hydrogens is 422 g/mol. The molecule has 2 fully saturated rings. The molecule has 0 bridgehead atoms. The van der Waals surface area contributed by atoms with Crippen molar-refractivity contribution in [2.24, 2.45) is 0 Å². The Balaban J connectivity index is 1.22. The standard InChI is InChI=1S/C20H25N5O3S2/c26-17(12-15-14-30-20(21-15)22-19(28)16-4-3-11-29-16)25-9-7-23(8-10-25)13-18(27)24-5-1-2-6-24/h3-4,11,14H,1-2,5-10,12-13H2,(H,21,22,28). The SMILES string of the molecule is O=C(Nc1nc(CC(=O)N2CCN(CC(=O)N3CCCC3)CC2)cs1)c1cccs1. The molecule has 0 saturated carbocycles. The summed E-state index contributed by atoms with van der Waals surface area (Å²) in [6, 6.07) is 3.59. The molecule has 0 aliphatic carbocycles. The number of piperazine rings is 1. The van der Waals surface area contributed by atoms with Gasteiger partial charge in [-0.2, -0.15) is 0 Å². The molecule has 2 aliphatic heterocycles. The predicted molar refractivity (Wildman–Crippen MR) is 117 cm³/mol. The highest BCUT2D eigenvalue weighted by Crippen LogP contribution is 2.19. The monoisotopic (exact) mass is 447 g/mol. The molecule has 2 saturated heterocycles. The van der Waals surface area contributed by atoms with Crippen LogP contribution in [-0.2, 0) is 16.0 Å². The van der Waals surface area contributed by atoms with Gasteiger partial charge in [0.1, 0.15) is 0 Å². The van der Waals surface area contributed by atoms with E-state index in [0.29, 0.717) is 48.4 Å². The van der Waals surface area contributed by atoms with Crippen LogP contribution in [0.5, 0.6) is 0 Å². The van der Waals surface area contributed by atoms with Gasteiger partial charge in [-0.25, -0.2) is 4.98 Å². The maximum Gasteiger partial charge on any atom is 0.267 e. The number of likely N-dealkylation sites (tertiary alicyclic amines) is 1. The van der Waals surface area contributed by atoms with Gasteiger partial charge in [0.2, 0.25) is 11.8 Å². The number of rotatable bonds is 6. The topological polar surface area (TPSA) is 85.9 Å². The van der Waals surface area contributed by atoms with E-state index in [-0.39, 0.29) is 24.1 Å². The van der Waals surface area contributed by atoms with Crippen molar-refractivity contribution in [3.63, 3.8) is 0 Å². The molecule has 4 rings (SSSR count). The molecule has 160 valence electrons. The van der Waals surface area contributed by atoms with Crippen LogP contribution in [-0.4, -0.2) is 83.2 Å². The van der Waals surface area contributed by atoms with Crippen molar-refractivity contribution >= 4 is 45.5 Å². The van der Waals surface area contributed by atoms with E-state index in [1.165, 1.54) is 22.7 Å². The van der Waals surface area contributed by atoms with Crippen LogP contribution in [0, 0.1) is 0 Å². The number of carbonyl (C=O) groups excluding carboxylic acids is 3. The van der Waals surface area contributed by atoms with Crippen molar-refractivity contribution in [2.75, 3.05) is 51.1 Å². The first-order valence-corrected chi connectivity index (χ1v) is 11.9. The van der Waals surface area contributed by atoms with Crippen LogP contribution in [0.25, 0.3) is 0 Å². The normalized spacial score (nSPS) is 17.3.